The van der Waals surface area contributed by atoms with Crippen LogP contribution in [0.15, 0.2) is 6.33 Å². The normalized spacial score (nSPS) is 17.0. The van der Waals surface area contributed by atoms with Gasteiger partial charge in [-0.25, -0.2) is 9.97 Å². The predicted octanol–water partition coefficient (Wildman–Crippen LogP) is -0.523. The van der Waals surface area contributed by atoms with Crippen LogP contribution >= 0.6 is 11.6 Å². The Morgan fingerprint density at radius 3 is 2.76 bits per heavy atom. The van der Waals surface area contributed by atoms with Crippen LogP contribution in [0.1, 0.15) is 43.8 Å². The Bertz CT molecular complexity index is 505. The first kappa shape index (κ1) is 12.6. The Kier molecular flexibility index (Phi) is 3.84. The summed E-state index contributed by atoms with van der Waals surface area (Å²) in [6.45, 7) is 0. The molecular weight excluding hydrogens is 259 g/mol. The van der Waals surface area contributed by atoms with Gasteiger partial charge in [0.15, 0.2) is 11.5 Å². The number of fused-ring (bicyclic) bond motifs is 1. The number of aromatic amines is 2. The monoisotopic (exact) mass is 272 g/mol. The van der Waals surface area contributed by atoms with Crippen molar-refractivity contribution in [3.8, 4) is 0 Å². The number of hydrogen-bond donors (Lipinski definition) is 1. The summed E-state index contributed by atoms with van der Waals surface area (Å²) in [5.74, 6) is 1.38. The molecule has 0 aliphatic heterocycles. The van der Waals surface area contributed by atoms with E-state index in [-0.39, 0.29) is 12.4 Å². The van der Waals surface area contributed by atoms with Gasteiger partial charge < -0.3 is 12.4 Å². The third-order valence-electron chi connectivity index (χ3n) is 3.28. The number of halogens is 2. The maximum atomic E-state index is 6.12. The summed E-state index contributed by atoms with van der Waals surface area (Å²) in [5.41, 5.74) is 1.60. The van der Waals surface area contributed by atoms with Crippen molar-refractivity contribution >= 4 is 22.8 Å². The number of nitrogens with zero attached hydrogens (tertiary/aromatic N) is 2. The molecule has 1 aliphatic rings. The van der Waals surface area contributed by atoms with Gasteiger partial charge >= 0.3 is 5.65 Å². The molecule has 0 amide bonds. The summed E-state index contributed by atoms with van der Waals surface area (Å²) in [7, 11) is 0. The molecule has 1 aliphatic carbocycles. The molecule has 0 radical (unpaired) electrons. The first-order chi connectivity index (χ1) is 7.84. The van der Waals surface area contributed by atoms with Crippen molar-refractivity contribution in [1.29, 1.82) is 0 Å². The number of rotatable bonds is 1. The lowest BCUT2D eigenvalue weighted by atomic mass is 9.89. The van der Waals surface area contributed by atoms with Crippen LogP contribution in [-0.4, -0.2) is 15.0 Å². The Morgan fingerprint density at radius 1 is 1.24 bits per heavy atom. The smallest absolute Gasteiger partial charge is 0.304 e. The maximum absolute atomic E-state index is 6.12. The van der Waals surface area contributed by atoms with E-state index in [1.165, 1.54) is 32.1 Å². The molecule has 0 saturated heterocycles. The third kappa shape index (κ3) is 2.38. The van der Waals surface area contributed by atoms with Crippen LogP contribution in [0.5, 0.6) is 0 Å². The van der Waals surface area contributed by atoms with Gasteiger partial charge in [-0.3, -0.25) is 4.98 Å². The number of nitrogens with one attached hydrogen (secondary N) is 2. The highest BCUT2D eigenvalue weighted by molar-refractivity contribution is 6.33. The Morgan fingerprint density at radius 2 is 2.00 bits per heavy atom. The summed E-state index contributed by atoms with van der Waals surface area (Å²) in [4.78, 5) is 15.0. The first-order valence-electron chi connectivity index (χ1n) is 5.77. The van der Waals surface area contributed by atoms with E-state index in [9.17, 15) is 0 Å². The van der Waals surface area contributed by atoms with Crippen LogP contribution in [0.3, 0.4) is 0 Å². The van der Waals surface area contributed by atoms with Gasteiger partial charge in [-0.2, -0.15) is 0 Å². The molecule has 92 valence electrons. The van der Waals surface area contributed by atoms with E-state index in [1.807, 2.05) is 0 Å². The van der Waals surface area contributed by atoms with Gasteiger partial charge in [0.2, 0.25) is 11.3 Å². The minimum atomic E-state index is 0. The molecule has 17 heavy (non-hydrogen) atoms. The number of imidazole rings is 1. The highest BCUT2D eigenvalue weighted by Crippen LogP contribution is 2.31. The fraction of sp³-hybridized carbons (Fsp3) is 0.545. The minimum Gasteiger partial charge on any atom is -1.00 e. The van der Waals surface area contributed by atoms with Crippen molar-refractivity contribution in [2.24, 2.45) is 0 Å². The predicted molar refractivity (Wildman–Crippen MR) is 61.3 cm³/mol. The Labute approximate surface area is 111 Å². The molecule has 4 nitrogen and oxygen atoms in total. The maximum Gasteiger partial charge on any atom is 0.304 e. The van der Waals surface area contributed by atoms with E-state index in [0.29, 0.717) is 11.1 Å². The molecule has 6 heteroatoms. The first-order valence-corrected chi connectivity index (χ1v) is 6.14. The second-order valence-corrected chi connectivity index (χ2v) is 4.72. The average molecular weight is 273 g/mol. The van der Waals surface area contributed by atoms with Gasteiger partial charge in [-0.05, 0) is 12.8 Å². The lowest BCUT2D eigenvalue weighted by molar-refractivity contribution is -0.347. The van der Waals surface area contributed by atoms with Gasteiger partial charge in [0, 0.05) is 5.92 Å². The standard InChI is InChI=1S/C11H13ClN4.ClH/c12-9-8-11(14-6-13-8)16-10(15-9)7-4-2-1-3-5-7;/h6-7H,1-5H2,(H,13,14,15,16);1H. The molecule has 0 bridgehead atoms. The highest BCUT2D eigenvalue weighted by atomic mass is 35.5. The average Bonchev–Trinajstić information content (AvgIpc) is 2.79. The summed E-state index contributed by atoms with van der Waals surface area (Å²) in [6, 6.07) is 0. The van der Waals surface area contributed by atoms with E-state index in [1.54, 1.807) is 6.33 Å². The summed E-state index contributed by atoms with van der Waals surface area (Å²) >= 11 is 6.12. The lowest BCUT2D eigenvalue weighted by Gasteiger charge is -2.18. The Balaban J connectivity index is 0.00000108. The van der Waals surface area contributed by atoms with Crippen LogP contribution in [0.2, 0.25) is 5.15 Å². The molecule has 2 N–H and O–H groups in total. The zero-order valence-electron chi connectivity index (χ0n) is 9.34. The summed E-state index contributed by atoms with van der Waals surface area (Å²) in [5, 5.41) is 0.520. The molecule has 0 aromatic carbocycles. The van der Waals surface area contributed by atoms with Crippen LogP contribution < -0.4 is 17.4 Å². The van der Waals surface area contributed by atoms with Gasteiger partial charge in [0.05, 0.1) is 0 Å². The minimum absolute atomic E-state index is 0. The molecule has 3 rings (SSSR count). The molecular formula is C11H14Cl2N4. The number of hydrogen-bond acceptors (Lipinski definition) is 2. The topological polar surface area (TPSA) is 55.7 Å². The second kappa shape index (κ2) is 5.19. The zero-order chi connectivity index (χ0) is 11.0. The molecule has 2 aromatic heterocycles. The van der Waals surface area contributed by atoms with Gasteiger partial charge in [-0.1, -0.05) is 35.8 Å². The number of aromatic nitrogens is 4. The molecule has 2 heterocycles. The second-order valence-electron chi connectivity index (χ2n) is 4.36. The van der Waals surface area contributed by atoms with Crippen LogP contribution in [0.4, 0.5) is 0 Å². The SMILES string of the molecule is Clc1nc(C2CCCCC2)nc2[nH+]c[nH]c12.[Cl-]. The largest absolute Gasteiger partial charge is 1.00 e. The van der Waals surface area contributed by atoms with Gasteiger partial charge in [0.25, 0.3) is 0 Å². The quantitative estimate of drug-likeness (QED) is 0.711. The van der Waals surface area contributed by atoms with E-state index < -0.39 is 0 Å². The van der Waals surface area contributed by atoms with Crippen molar-refractivity contribution < 1.29 is 17.4 Å². The van der Waals surface area contributed by atoms with Gasteiger partial charge in [0.1, 0.15) is 0 Å². The van der Waals surface area contributed by atoms with E-state index in [0.717, 1.165) is 17.0 Å². The van der Waals surface area contributed by atoms with Crippen molar-refractivity contribution in [2.45, 2.75) is 38.0 Å². The van der Waals surface area contributed by atoms with E-state index in [2.05, 4.69) is 19.9 Å². The molecule has 1 fully saturated rings. The number of H-pyrrole nitrogens is 2. The zero-order valence-corrected chi connectivity index (χ0v) is 10.9. The highest BCUT2D eigenvalue weighted by Gasteiger charge is 2.23. The van der Waals surface area contributed by atoms with Crippen molar-refractivity contribution in [2.75, 3.05) is 0 Å². The van der Waals surface area contributed by atoms with Crippen molar-refractivity contribution in [3.05, 3.63) is 17.3 Å². The molecule has 0 atom stereocenters. The third-order valence-corrected chi connectivity index (χ3v) is 3.55. The summed E-state index contributed by atoms with van der Waals surface area (Å²) < 4.78 is 0. The lowest BCUT2D eigenvalue weighted by Crippen LogP contribution is -3.00. The molecule has 1 saturated carbocycles. The Hall–Kier alpha value is -0.870. The van der Waals surface area contributed by atoms with Gasteiger partial charge in [-0.15, -0.1) is 0 Å². The molecule has 0 spiro atoms. The molecule has 2 aromatic rings. The fourth-order valence-electron chi connectivity index (χ4n) is 2.40. The van der Waals surface area contributed by atoms with E-state index in [4.69, 9.17) is 11.6 Å². The van der Waals surface area contributed by atoms with Crippen molar-refractivity contribution in [3.63, 3.8) is 0 Å². The summed E-state index contributed by atoms with van der Waals surface area (Å²) in [6.07, 6.45) is 8.00. The van der Waals surface area contributed by atoms with Crippen LogP contribution in [-0.2, 0) is 0 Å². The fourth-order valence-corrected chi connectivity index (χ4v) is 2.63. The van der Waals surface area contributed by atoms with Crippen molar-refractivity contribution in [1.82, 2.24) is 15.0 Å². The molecule has 0 unspecified atom stereocenters. The van der Waals surface area contributed by atoms with Crippen LogP contribution in [0, 0.1) is 0 Å². The van der Waals surface area contributed by atoms with E-state index >= 15 is 0 Å². The van der Waals surface area contributed by atoms with Crippen LogP contribution in [0.25, 0.3) is 11.2 Å².